The SMILES string of the molecule is COc1cc(NCC2CCSC2)ccn1. The first-order valence-corrected chi connectivity index (χ1v) is 6.35. The highest BCUT2D eigenvalue weighted by Gasteiger charge is 2.14. The van der Waals surface area contributed by atoms with Crippen molar-refractivity contribution in [2.24, 2.45) is 5.92 Å². The van der Waals surface area contributed by atoms with E-state index in [2.05, 4.69) is 10.3 Å². The van der Waals surface area contributed by atoms with Gasteiger partial charge in [0.1, 0.15) is 0 Å². The molecule has 1 saturated heterocycles. The third-order valence-electron chi connectivity index (χ3n) is 2.56. The Balaban J connectivity index is 1.86. The highest BCUT2D eigenvalue weighted by Crippen LogP contribution is 2.24. The van der Waals surface area contributed by atoms with Crippen molar-refractivity contribution in [2.45, 2.75) is 6.42 Å². The summed E-state index contributed by atoms with van der Waals surface area (Å²) >= 11 is 2.05. The van der Waals surface area contributed by atoms with Gasteiger partial charge in [-0.1, -0.05) is 0 Å². The predicted octanol–water partition coefficient (Wildman–Crippen LogP) is 2.26. The van der Waals surface area contributed by atoms with E-state index in [1.54, 1.807) is 13.3 Å². The lowest BCUT2D eigenvalue weighted by atomic mass is 10.1. The molecule has 0 bridgehead atoms. The van der Waals surface area contributed by atoms with Gasteiger partial charge in [0.15, 0.2) is 0 Å². The fourth-order valence-corrected chi connectivity index (χ4v) is 2.92. The summed E-state index contributed by atoms with van der Waals surface area (Å²) in [6.45, 7) is 1.06. The van der Waals surface area contributed by atoms with Gasteiger partial charge in [-0.05, 0) is 29.9 Å². The third-order valence-corrected chi connectivity index (χ3v) is 3.79. The third kappa shape index (κ3) is 3.02. The molecular formula is C11H16N2OS. The zero-order valence-corrected chi connectivity index (χ0v) is 9.72. The molecule has 0 amide bonds. The number of ether oxygens (including phenoxy) is 1. The Morgan fingerprint density at radius 3 is 3.33 bits per heavy atom. The van der Waals surface area contributed by atoms with Crippen LogP contribution in [0.2, 0.25) is 0 Å². The van der Waals surface area contributed by atoms with Crippen LogP contribution < -0.4 is 10.1 Å². The molecule has 3 nitrogen and oxygen atoms in total. The first-order chi connectivity index (χ1) is 7.38. The fraction of sp³-hybridized carbons (Fsp3) is 0.545. The Hall–Kier alpha value is -0.900. The van der Waals surface area contributed by atoms with E-state index in [9.17, 15) is 0 Å². The maximum atomic E-state index is 5.07. The second-order valence-electron chi connectivity index (χ2n) is 3.70. The molecule has 2 heterocycles. The molecule has 1 aliphatic heterocycles. The standard InChI is InChI=1S/C11H16N2OS/c1-14-11-6-10(2-4-12-11)13-7-9-3-5-15-8-9/h2,4,6,9H,3,5,7-8H2,1H3,(H,12,13). The van der Waals surface area contributed by atoms with Gasteiger partial charge in [-0.3, -0.25) is 0 Å². The number of pyridine rings is 1. The number of anilines is 1. The smallest absolute Gasteiger partial charge is 0.214 e. The number of methoxy groups -OCH3 is 1. The molecule has 0 spiro atoms. The molecule has 0 aliphatic carbocycles. The minimum Gasteiger partial charge on any atom is -0.481 e. The topological polar surface area (TPSA) is 34.1 Å². The molecule has 15 heavy (non-hydrogen) atoms. The molecule has 82 valence electrons. The van der Waals surface area contributed by atoms with Gasteiger partial charge in [-0.25, -0.2) is 4.98 Å². The van der Waals surface area contributed by atoms with Crippen LogP contribution in [0.4, 0.5) is 5.69 Å². The van der Waals surface area contributed by atoms with Crippen LogP contribution in [0.1, 0.15) is 6.42 Å². The number of rotatable bonds is 4. The van der Waals surface area contributed by atoms with Crippen molar-refractivity contribution in [2.75, 3.05) is 30.5 Å². The van der Waals surface area contributed by atoms with Gasteiger partial charge in [0.05, 0.1) is 7.11 Å². The Bertz CT molecular complexity index is 313. The van der Waals surface area contributed by atoms with Crippen LogP contribution in [-0.2, 0) is 0 Å². The number of hydrogen-bond donors (Lipinski definition) is 1. The van der Waals surface area contributed by atoms with Crippen molar-refractivity contribution in [1.82, 2.24) is 4.98 Å². The molecule has 0 radical (unpaired) electrons. The number of thioether (sulfide) groups is 1. The maximum Gasteiger partial charge on any atom is 0.214 e. The fourth-order valence-electron chi connectivity index (χ4n) is 1.64. The summed E-state index contributed by atoms with van der Waals surface area (Å²) in [6.07, 6.45) is 3.10. The zero-order chi connectivity index (χ0) is 10.5. The highest BCUT2D eigenvalue weighted by molar-refractivity contribution is 7.99. The number of nitrogens with zero attached hydrogens (tertiary/aromatic N) is 1. The quantitative estimate of drug-likeness (QED) is 0.850. The van der Waals surface area contributed by atoms with E-state index in [1.165, 1.54) is 17.9 Å². The maximum absolute atomic E-state index is 5.07. The summed E-state index contributed by atoms with van der Waals surface area (Å²) in [5.41, 5.74) is 1.10. The van der Waals surface area contributed by atoms with Crippen LogP contribution >= 0.6 is 11.8 Å². The monoisotopic (exact) mass is 224 g/mol. The summed E-state index contributed by atoms with van der Waals surface area (Å²) in [7, 11) is 1.64. The molecule has 1 aromatic heterocycles. The van der Waals surface area contributed by atoms with E-state index in [-0.39, 0.29) is 0 Å². The van der Waals surface area contributed by atoms with Crippen LogP contribution in [0.5, 0.6) is 5.88 Å². The number of hydrogen-bond acceptors (Lipinski definition) is 4. The van der Waals surface area contributed by atoms with Gasteiger partial charge in [0.2, 0.25) is 5.88 Å². The molecule has 1 unspecified atom stereocenters. The average molecular weight is 224 g/mol. The van der Waals surface area contributed by atoms with Crippen LogP contribution in [-0.4, -0.2) is 30.1 Å². The van der Waals surface area contributed by atoms with E-state index >= 15 is 0 Å². The van der Waals surface area contributed by atoms with Crippen LogP contribution in [0.3, 0.4) is 0 Å². The Morgan fingerprint density at radius 1 is 1.67 bits per heavy atom. The van der Waals surface area contributed by atoms with Crippen molar-refractivity contribution >= 4 is 17.4 Å². The summed E-state index contributed by atoms with van der Waals surface area (Å²) in [5, 5.41) is 3.43. The Kier molecular flexibility index (Phi) is 3.72. The number of aromatic nitrogens is 1. The van der Waals surface area contributed by atoms with Gasteiger partial charge >= 0.3 is 0 Å². The molecular weight excluding hydrogens is 208 g/mol. The van der Waals surface area contributed by atoms with Crippen molar-refractivity contribution in [3.63, 3.8) is 0 Å². The van der Waals surface area contributed by atoms with Crippen LogP contribution in [0, 0.1) is 5.92 Å². The summed E-state index contributed by atoms with van der Waals surface area (Å²) in [4.78, 5) is 4.07. The molecule has 1 atom stereocenters. The van der Waals surface area contributed by atoms with E-state index in [1.807, 2.05) is 23.9 Å². The second-order valence-corrected chi connectivity index (χ2v) is 4.85. The van der Waals surface area contributed by atoms with E-state index < -0.39 is 0 Å². The normalized spacial score (nSPS) is 20.2. The lowest BCUT2D eigenvalue weighted by Crippen LogP contribution is -2.13. The zero-order valence-electron chi connectivity index (χ0n) is 8.90. The molecule has 0 saturated carbocycles. The predicted molar refractivity (Wildman–Crippen MR) is 64.7 cm³/mol. The minimum absolute atomic E-state index is 0.667. The van der Waals surface area contributed by atoms with Gasteiger partial charge < -0.3 is 10.1 Å². The van der Waals surface area contributed by atoms with Crippen LogP contribution in [0.15, 0.2) is 18.3 Å². The van der Waals surface area contributed by atoms with Crippen molar-refractivity contribution in [3.05, 3.63) is 18.3 Å². The molecule has 1 aliphatic rings. The van der Waals surface area contributed by atoms with E-state index in [0.29, 0.717) is 5.88 Å². The molecule has 4 heteroatoms. The van der Waals surface area contributed by atoms with Gasteiger partial charge in [-0.15, -0.1) is 0 Å². The van der Waals surface area contributed by atoms with Crippen molar-refractivity contribution in [1.29, 1.82) is 0 Å². The average Bonchev–Trinajstić information content (AvgIpc) is 2.79. The van der Waals surface area contributed by atoms with Gasteiger partial charge in [0, 0.05) is 24.5 Å². The van der Waals surface area contributed by atoms with Crippen molar-refractivity contribution < 1.29 is 4.74 Å². The minimum atomic E-state index is 0.667. The van der Waals surface area contributed by atoms with Gasteiger partial charge in [-0.2, -0.15) is 11.8 Å². The molecule has 1 fully saturated rings. The molecule has 1 aromatic rings. The second kappa shape index (κ2) is 5.26. The summed E-state index contributed by atoms with van der Waals surface area (Å²) in [6, 6.07) is 3.91. The Labute approximate surface area is 94.6 Å². The Morgan fingerprint density at radius 2 is 2.60 bits per heavy atom. The first-order valence-electron chi connectivity index (χ1n) is 5.20. The largest absolute Gasteiger partial charge is 0.481 e. The lowest BCUT2D eigenvalue weighted by Gasteiger charge is -2.11. The first kappa shape index (κ1) is 10.6. The summed E-state index contributed by atoms with van der Waals surface area (Å²) < 4.78 is 5.07. The molecule has 0 aromatic carbocycles. The van der Waals surface area contributed by atoms with E-state index in [0.717, 1.165) is 18.2 Å². The number of nitrogens with one attached hydrogen (secondary N) is 1. The summed E-state index contributed by atoms with van der Waals surface area (Å²) in [5.74, 6) is 4.08. The van der Waals surface area contributed by atoms with E-state index in [4.69, 9.17) is 4.74 Å². The molecule has 2 rings (SSSR count). The van der Waals surface area contributed by atoms with Crippen LogP contribution in [0.25, 0.3) is 0 Å². The van der Waals surface area contributed by atoms with Crippen molar-refractivity contribution in [3.8, 4) is 5.88 Å². The molecule has 1 N–H and O–H groups in total. The lowest BCUT2D eigenvalue weighted by molar-refractivity contribution is 0.398. The highest BCUT2D eigenvalue weighted by atomic mass is 32.2. The van der Waals surface area contributed by atoms with Gasteiger partial charge in [0.25, 0.3) is 0 Å².